The van der Waals surface area contributed by atoms with Gasteiger partial charge in [0, 0.05) is 17.1 Å². The summed E-state index contributed by atoms with van der Waals surface area (Å²) >= 11 is 0. The van der Waals surface area contributed by atoms with E-state index in [1.54, 1.807) is 0 Å². The molecule has 2 aromatic rings. The van der Waals surface area contributed by atoms with Gasteiger partial charge >= 0.3 is 0 Å². The fourth-order valence-electron chi connectivity index (χ4n) is 2.01. The maximum absolute atomic E-state index is 3.28. The van der Waals surface area contributed by atoms with E-state index < -0.39 is 0 Å². The van der Waals surface area contributed by atoms with E-state index in [2.05, 4.69) is 29.4 Å². The molecule has 0 spiro atoms. The number of aromatic nitrogens is 1. The Morgan fingerprint density at radius 1 is 1.09 bits per heavy atom. The van der Waals surface area contributed by atoms with Crippen LogP contribution in [0.5, 0.6) is 0 Å². The topological polar surface area (TPSA) is 15.8 Å². The molecule has 54 valence electrons. The Bertz CT molecular complexity index is 412. The zero-order chi connectivity index (χ0) is 7.26. The van der Waals surface area contributed by atoms with Crippen molar-refractivity contribution in [3.05, 3.63) is 35.5 Å². The van der Waals surface area contributed by atoms with E-state index >= 15 is 0 Å². The lowest BCUT2D eigenvalue weighted by atomic mass is 10.1. The third-order valence-corrected chi connectivity index (χ3v) is 2.54. The maximum Gasteiger partial charge on any atom is 0.0459 e. The number of hydrogen-bond acceptors (Lipinski definition) is 0. The van der Waals surface area contributed by atoms with Gasteiger partial charge in [-0.1, -0.05) is 12.1 Å². The van der Waals surface area contributed by atoms with Crippen molar-refractivity contribution in [2.75, 3.05) is 0 Å². The largest absolute Gasteiger partial charge is 0.361 e. The molecule has 1 aliphatic carbocycles. The Kier molecular flexibility index (Phi) is 0.823. The van der Waals surface area contributed by atoms with E-state index in [0.29, 0.717) is 0 Å². The van der Waals surface area contributed by atoms with Crippen LogP contribution in [0.25, 0.3) is 10.9 Å². The number of aromatic amines is 1. The number of hydrogen-bond donors (Lipinski definition) is 1. The second-order valence-electron chi connectivity index (χ2n) is 3.15. The van der Waals surface area contributed by atoms with Crippen molar-refractivity contribution in [1.82, 2.24) is 4.98 Å². The average molecular weight is 143 g/mol. The Balaban J connectivity index is 2.61. The summed E-state index contributed by atoms with van der Waals surface area (Å²) in [6.07, 6.45) is 4.59. The number of aryl methyl sites for hydroxylation is 2. The molecule has 1 aromatic heterocycles. The number of rotatable bonds is 0. The van der Waals surface area contributed by atoms with E-state index in [1.165, 1.54) is 34.9 Å². The molecule has 0 saturated heterocycles. The zero-order valence-electron chi connectivity index (χ0n) is 6.22. The first-order valence-electron chi connectivity index (χ1n) is 4.03. The first-order chi connectivity index (χ1) is 5.45. The zero-order valence-corrected chi connectivity index (χ0v) is 6.22. The Labute approximate surface area is 65.0 Å². The summed E-state index contributed by atoms with van der Waals surface area (Å²) < 4.78 is 0. The molecule has 0 fully saturated rings. The van der Waals surface area contributed by atoms with Crippen molar-refractivity contribution in [2.24, 2.45) is 0 Å². The lowest BCUT2D eigenvalue weighted by Gasteiger charge is -1.92. The van der Waals surface area contributed by atoms with Crippen molar-refractivity contribution in [1.29, 1.82) is 0 Å². The fourth-order valence-corrected chi connectivity index (χ4v) is 2.01. The molecule has 1 nitrogen and oxygen atoms in total. The third kappa shape index (κ3) is 0.559. The molecule has 0 atom stereocenters. The third-order valence-electron chi connectivity index (χ3n) is 2.54. The van der Waals surface area contributed by atoms with Crippen LogP contribution in [0.2, 0.25) is 0 Å². The highest BCUT2D eigenvalue weighted by atomic mass is 14.7. The number of nitrogens with one attached hydrogen (secondary N) is 1. The highest BCUT2D eigenvalue weighted by Gasteiger charge is 2.13. The van der Waals surface area contributed by atoms with Crippen LogP contribution < -0.4 is 0 Å². The molecule has 0 aliphatic heterocycles. The fraction of sp³-hybridized carbons (Fsp3) is 0.200. The Morgan fingerprint density at radius 2 is 2.00 bits per heavy atom. The summed E-state index contributed by atoms with van der Waals surface area (Å²) in [5.74, 6) is 0. The molecule has 0 radical (unpaired) electrons. The van der Waals surface area contributed by atoms with Gasteiger partial charge < -0.3 is 4.98 Å². The van der Waals surface area contributed by atoms with Crippen molar-refractivity contribution in [2.45, 2.75) is 12.8 Å². The van der Waals surface area contributed by atoms with Gasteiger partial charge in [0.05, 0.1) is 0 Å². The summed E-state index contributed by atoms with van der Waals surface area (Å²) in [4.78, 5) is 3.28. The van der Waals surface area contributed by atoms with Crippen molar-refractivity contribution in [3.63, 3.8) is 0 Å². The van der Waals surface area contributed by atoms with Gasteiger partial charge in [0.15, 0.2) is 0 Å². The molecular formula is C10H9N. The molecule has 11 heavy (non-hydrogen) atoms. The van der Waals surface area contributed by atoms with Gasteiger partial charge in [-0.3, -0.25) is 0 Å². The second kappa shape index (κ2) is 1.67. The van der Waals surface area contributed by atoms with Crippen LogP contribution in [-0.4, -0.2) is 4.98 Å². The molecule has 0 saturated carbocycles. The first kappa shape index (κ1) is 5.42. The number of H-pyrrole nitrogens is 1. The maximum atomic E-state index is 3.28. The summed E-state index contributed by atoms with van der Waals surface area (Å²) in [7, 11) is 0. The van der Waals surface area contributed by atoms with Gasteiger partial charge in [-0.2, -0.15) is 0 Å². The van der Waals surface area contributed by atoms with E-state index in [4.69, 9.17) is 0 Å². The minimum absolute atomic E-state index is 1.22. The van der Waals surface area contributed by atoms with E-state index in [1.807, 2.05) is 0 Å². The van der Waals surface area contributed by atoms with E-state index in [9.17, 15) is 0 Å². The molecule has 3 rings (SSSR count). The molecule has 1 N–H and O–H groups in total. The van der Waals surface area contributed by atoms with Crippen molar-refractivity contribution >= 4 is 10.9 Å². The minimum atomic E-state index is 1.22. The van der Waals surface area contributed by atoms with Gasteiger partial charge in [-0.05, 0) is 30.0 Å². The highest BCUT2D eigenvalue weighted by molar-refractivity contribution is 5.88. The number of benzene rings is 1. The Morgan fingerprint density at radius 3 is 3.00 bits per heavy atom. The highest BCUT2D eigenvalue weighted by Crippen LogP contribution is 2.29. The minimum Gasteiger partial charge on any atom is -0.361 e. The predicted octanol–water partition coefficient (Wildman–Crippen LogP) is 2.27. The first-order valence-corrected chi connectivity index (χ1v) is 4.03. The smallest absolute Gasteiger partial charge is 0.0459 e. The standard InChI is InChI=1S/C10H9N/c1-2-7-4-5-8-6-11-9(3-1)10(7)8/h1-3,6,11H,4-5H2. The van der Waals surface area contributed by atoms with Crippen molar-refractivity contribution in [3.8, 4) is 0 Å². The van der Waals surface area contributed by atoms with Gasteiger partial charge in [0.2, 0.25) is 0 Å². The van der Waals surface area contributed by atoms with Gasteiger partial charge in [0.1, 0.15) is 0 Å². The monoisotopic (exact) mass is 143 g/mol. The molecule has 1 aromatic carbocycles. The van der Waals surface area contributed by atoms with Gasteiger partial charge in [-0.25, -0.2) is 0 Å². The lowest BCUT2D eigenvalue weighted by molar-refractivity contribution is 1.02. The summed E-state index contributed by atoms with van der Waals surface area (Å²) in [6.45, 7) is 0. The average Bonchev–Trinajstić information content (AvgIpc) is 2.60. The van der Waals surface area contributed by atoms with Crippen molar-refractivity contribution < 1.29 is 0 Å². The van der Waals surface area contributed by atoms with Crippen LogP contribution in [0.1, 0.15) is 11.1 Å². The van der Waals surface area contributed by atoms with Crippen LogP contribution in [0, 0.1) is 0 Å². The molecule has 0 amide bonds. The summed E-state index contributed by atoms with van der Waals surface area (Å²) in [5, 5.41) is 1.48. The second-order valence-corrected chi connectivity index (χ2v) is 3.15. The quantitative estimate of drug-likeness (QED) is 0.582. The summed E-state index contributed by atoms with van der Waals surface area (Å²) in [6, 6.07) is 6.50. The molecular weight excluding hydrogens is 134 g/mol. The lowest BCUT2D eigenvalue weighted by Crippen LogP contribution is -1.79. The van der Waals surface area contributed by atoms with E-state index in [-0.39, 0.29) is 0 Å². The molecule has 1 heterocycles. The molecule has 1 heteroatoms. The molecule has 1 aliphatic rings. The van der Waals surface area contributed by atoms with Crippen LogP contribution in [-0.2, 0) is 12.8 Å². The van der Waals surface area contributed by atoms with E-state index in [0.717, 1.165) is 0 Å². The molecule has 0 bridgehead atoms. The predicted molar refractivity (Wildman–Crippen MR) is 45.7 cm³/mol. The molecule has 0 unspecified atom stereocenters. The summed E-state index contributed by atoms with van der Waals surface area (Å²) in [5.41, 5.74) is 4.31. The Hall–Kier alpha value is -1.24. The van der Waals surface area contributed by atoms with Gasteiger partial charge in [-0.15, -0.1) is 0 Å². The van der Waals surface area contributed by atoms with Crippen LogP contribution >= 0.6 is 0 Å². The normalized spacial score (nSPS) is 14.5. The van der Waals surface area contributed by atoms with Crippen LogP contribution in [0.15, 0.2) is 24.4 Å². The van der Waals surface area contributed by atoms with Crippen LogP contribution in [0.3, 0.4) is 0 Å². The van der Waals surface area contributed by atoms with Gasteiger partial charge in [0.25, 0.3) is 0 Å². The SMILES string of the molecule is c1cc2c3c(c[nH]c3c1)CC2. The van der Waals surface area contributed by atoms with Crippen LogP contribution in [0.4, 0.5) is 0 Å².